The number of hydrogen-bond donors (Lipinski definition) is 1. The van der Waals surface area contributed by atoms with E-state index in [1.807, 2.05) is 25.1 Å². The van der Waals surface area contributed by atoms with Gasteiger partial charge in [-0.1, -0.05) is 55.5 Å². The first-order valence-corrected chi connectivity index (χ1v) is 11.6. The van der Waals surface area contributed by atoms with E-state index in [1.165, 1.54) is 19.3 Å². The fourth-order valence-electron chi connectivity index (χ4n) is 3.75. The number of carbonyl (C=O) groups is 1. The summed E-state index contributed by atoms with van der Waals surface area (Å²) >= 11 is 12.2. The van der Waals surface area contributed by atoms with Gasteiger partial charge in [0.25, 0.3) is 0 Å². The number of piperazine rings is 1. The lowest BCUT2D eigenvalue weighted by Gasteiger charge is -2.36. The molecule has 1 N–H and O–H groups in total. The Morgan fingerprint density at radius 3 is 2.41 bits per heavy atom. The zero-order valence-electron chi connectivity index (χ0n) is 17.8. The third kappa shape index (κ3) is 8.33. The zero-order valence-corrected chi connectivity index (χ0v) is 19.3. The van der Waals surface area contributed by atoms with Crippen LogP contribution in [-0.4, -0.2) is 62.8 Å². The summed E-state index contributed by atoms with van der Waals surface area (Å²) in [6.45, 7) is 10.3. The Hall–Kier alpha value is -1.01. The Balaban J connectivity index is 0.000000212. The number of benzene rings is 1. The number of amides is 1. The van der Waals surface area contributed by atoms with E-state index in [0.717, 1.165) is 51.3 Å². The predicted octanol–water partition coefficient (Wildman–Crippen LogP) is 4.61. The van der Waals surface area contributed by atoms with E-state index in [9.17, 15) is 4.79 Å². The normalized spacial score (nSPS) is 18.1. The number of nitrogens with zero attached hydrogens (tertiary/aromatic N) is 2. The van der Waals surface area contributed by atoms with Crippen LogP contribution in [0.2, 0.25) is 10.0 Å². The second-order valence-corrected chi connectivity index (χ2v) is 8.32. The molecule has 2 fully saturated rings. The molecule has 3 rings (SSSR count). The van der Waals surface area contributed by atoms with Gasteiger partial charge in [0, 0.05) is 38.8 Å². The fraction of sp³-hybridized carbons (Fsp3) is 0.682. The van der Waals surface area contributed by atoms with Gasteiger partial charge in [0.15, 0.2) is 0 Å². The third-order valence-electron chi connectivity index (χ3n) is 5.50. The molecule has 0 unspecified atom stereocenters. The number of halogens is 2. The largest absolute Gasteiger partial charge is 0.372 e. The van der Waals surface area contributed by atoms with E-state index in [-0.39, 0.29) is 12.5 Å². The maximum absolute atomic E-state index is 11.2. The summed E-state index contributed by atoms with van der Waals surface area (Å²) in [5.41, 5.74) is 1.06. The van der Waals surface area contributed by atoms with Crippen molar-refractivity contribution in [1.82, 2.24) is 10.2 Å². The van der Waals surface area contributed by atoms with Crippen molar-refractivity contribution >= 4 is 34.8 Å². The smallest absolute Gasteiger partial charge is 0.246 e. The number of anilines is 1. The number of hydrogen-bond acceptors (Lipinski definition) is 4. The number of rotatable bonds is 6. The summed E-state index contributed by atoms with van der Waals surface area (Å²) in [6.07, 6.45) is 6.09. The molecule has 0 atom stereocenters. The minimum Gasteiger partial charge on any atom is -0.372 e. The van der Waals surface area contributed by atoms with E-state index in [0.29, 0.717) is 22.7 Å². The molecule has 1 saturated heterocycles. The quantitative estimate of drug-likeness (QED) is 0.696. The van der Waals surface area contributed by atoms with Gasteiger partial charge in [0.05, 0.1) is 15.7 Å². The minimum atomic E-state index is 0.0359. The minimum absolute atomic E-state index is 0.0359. The second kappa shape index (κ2) is 13.3. The molecule has 2 aliphatic rings. The Morgan fingerprint density at radius 2 is 1.79 bits per heavy atom. The average Bonchev–Trinajstić information content (AvgIpc) is 2.75. The van der Waals surface area contributed by atoms with Gasteiger partial charge < -0.3 is 19.9 Å². The van der Waals surface area contributed by atoms with Crippen molar-refractivity contribution in [2.45, 2.75) is 52.0 Å². The van der Waals surface area contributed by atoms with Crippen molar-refractivity contribution < 1.29 is 9.53 Å². The van der Waals surface area contributed by atoms with Gasteiger partial charge in [-0.05, 0) is 38.4 Å². The van der Waals surface area contributed by atoms with E-state index in [1.54, 1.807) is 0 Å². The highest BCUT2D eigenvalue weighted by Gasteiger charge is 2.18. The van der Waals surface area contributed by atoms with Gasteiger partial charge in [-0.25, -0.2) is 0 Å². The van der Waals surface area contributed by atoms with E-state index < -0.39 is 0 Å². The molecule has 0 spiro atoms. The van der Waals surface area contributed by atoms with Gasteiger partial charge in [-0.3, -0.25) is 4.79 Å². The topological polar surface area (TPSA) is 44.8 Å². The van der Waals surface area contributed by atoms with Crippen LogP contribution in [0.3, 0.4) is 0 Å². The van der Waals surface area contributed by atoms with Crippen molar-refractivity contribution in [3.05, 3.63) is 28.2 Å². The fourth-order valence-corrected chi connectivity index (χ4v) is 4.17. The standard InChI is InChI=1S/C12H16Cl2N2.C10H19NO2/c1-2-15-6-8-16(9-7-15)11-5-3-4-10(13)12(11)14;1-2-13-8-10(12)11-9-6-4-3-5-7-9/h3-5H,2,6-9H2,1H3;9H,2-8H2,1H3,(H,11,12). The molecule has 29 heavy (non-hydrogen) atoms. The molecule has 1 saturated carbocycles. The lowest BCUT2D eigenvalue weighted by molar-refractivity contribution is -0.126. The summed E-state index contributed by atoms with van der Waals surface area (Å²) < 4.78 is 5.02. The Bertz CT molecular complexity index is 616. The van der Waals surface area contributed by atoms with Gasteiger partial charge in [0.2, 0.25) is 5.91 Å². The van der Waals surface area contributed by atoms with Crippen LogP contribution >= 0.6 is 23.2 Å². The summed E-state index contributed by atoms with van der Waals surface area (Å²) in [6, 6.07) is 6.23. The number of carbonyl (C=O) groups excluding carboxylic acids is 1. The van der Waals surface area contributed by atoms with Crippen LogP contribution in [-0.2, 0) is 9.53 Å². The van der Waals surface area contributed by atoms with Crippen molar-refractivity contribution in [3.63, 3.8) is 0 Å². The van der Waals surface area contributed by atoms with Gasteiger partial charge in [0.1, 0.15) is 6.61 Å². The van der Waals surface area contributed by atoms with Crippen molar-refractivity contribution in [3.8, 4) is 0 Å². The second-order valence-electron chi connectivity index (χ2n) is 7.53. The Kier molecular flexibility index (Phi) is 11.1. The van der Waals surface area contributed by atoms with E-state index >= 15 is 0 Å². The molecule has 1 aromatic rings. The molecule has 0 bridgehead atoms. The van der Waals surface area contributed by atoms with Crippen LogP contribution in [0.25, 0.3) is 0 Å². The van der Waals surface area contributed by atoms with Crippen LogP contribution in [0.5, 0.6) is 0 Å². The van der Waals surface area contributed by atoms with Crippen LogP contribution < -0.4 is 10.2 Å². The van der Waals surface area contributed by atoms with Gasteiger partial charge in [-0.2, -0.15) is 0 Å². The molecular weight excluding hydrogens is 409 g/mol. The first-order valence-electron chi connectivity index (χ1n) is 10.8. The molecule has 1 aliphatic heterocycles. The number of likely N-dealkylation sites (N-methyl/N-ethyl adjacent to an activating group) is 1. The highest BCUT2D eigenvalue weighted by atomic mass is 35.5. The number of ether oxygens (including phenoxy) is 1. The van der Waals surface area contributed by atoms with Crippen molar-refractivity contribution in [2.75, 3.05) is 50.8 Å². The molecule has 1 aromatic carbocycles. The van der Waals surface area contributed by atoms with Crippen LogP contribution in [0, 0.1) is 0 Å². The monoisotopic (exact) mass is 443 g/mol. The summed E-state index contributed by atoms with van der Waals surface area (Å²) in [5.74, 6) is 0.0359. The SMILES string of the molecule is CCN1CCN(c2cccc(Cl)c2Cl)CC1.CCOCC(=O)NC1CCCCC1. The summed E-state index contributed by atoms with van der Waals surface area (Å²) in [7, 11) is 0. The van der Waals surface area contributed by atoms with E-state index in [2.05, 4.69) is 22.0 Å². The molecule has 0 aromatic heterocycles. The van der Waals surface area contributed by atoms with Crippen LogP contribution in [0.15, 0.2) is 18.2 Å². The first kappa shape index (κ1) is 24.3. The molecule has 1 aliphatic carbocycles. The van der Waals surface area contributed by atoms with Crippen molar-refractivity contribution in [1.29, 1.82) is 0 Å². The molecule has 1 amide bonds. The lowest BCUT2D eigenvalue weighted by atomic mass is 9.95. The predicted molar refractivity (Wildman–Crippen MR) is 122 cm³/mol. The maximum atomic E-state index is 11.2. The summed E-state index contributed by atoms with van der Waals surface area (Å²) in [4.78, 5) is 16.0. The zero-order chi connectivity index (χ0) is 21.1. The average molecular weight is 444 g/mol. The highest BCUT2D eigenvalue weighted by Crippen LogP contribution is 2.32. The summed E-state index contributed by atoms with van der Waals surface area (Å²) in [5, 5.41) is 4.30. The lowest BCUT2D eigenvalue weighted by Crippen LogP contribution is -2.46. The molecule has 0 radical (unpaired) electrons. The first-order chi connectivity index (χ1) is 14.0. The molecule has 7 heteroatoms. The molecule has 164 valence electrons. The molecule has 1 heterocycles. The Morgan fingerprint density at radius 1 is 1.10 bits per heavy atom. The van der Waals surface area contributed by atoms with E-state index in [4.69, 9.17) is 27.9 Å². The van der Waals surface area contributed by atoms with Gasteiger partial charge >= 0.3 is 0 Å². The van der Waals surface area contributed by atoms with Crippen LogP contribution in [0.4, 0.5) is 5.69 Å². The van der Waals surface area contributed by atoms with Crippen LogP contribution in [0.1, 0.15) is 46.0 Å². The number of nitrogens with one attached hydrogen (secondary N) is 1. The maximum Gasteiger partial charge on any atom is 0.246 e. The Labute approximate surface area is 185 Å². The van der Waals surface area contributed by atoms with Gasteiger partial charge in [-0.15, -0.1) is 0 Å². The molecule has 5 nitrogen and oxygen atoms in total. The van der Waals surface area contributed by atoms with Crippen molar-refractivity contribution in [2.24, 2.45) is 0 Å². The molecular formula is C22H35Cl2N3O2. The third-order valence-corrected chi connectivity index (χ3v) is 6.31. The highest BCUT2D eigenvalue weighted by molar-refractivity contribution is 6.43.